The number of aromatic nitrogens is 2. The standard InChI is InChI=1S/C14H22N4/c1-10-8-18(13-4-5-13)14(15-10)17-7-6-11-2-3-12(9-17)16-11/h8,11-13,16H,2-7,9H2,1H3. The summed E-state index contributed by atoms with van der Waals surface area (Å²) in [6.07, 6.45) is 8.89. The Bertz CT molecular complexity index is 449. The van der Waals surface area contributed by atoms with E-state index in [1.807, 2.05) is 0 Å². The number of rotatable bonds is 2. The van der Waals surface area contributed by atoms with Crippen LogP contribution in [0.2, 0.25) is 0 Å². The Balaban J connectivity index is 1.61. The molecule has 0 aromatic carbocycles. The van der Waals surface area contributed by atoms with Crippen molar-refractivity contribution in [1.29, 1.82) is 0 Å². The van der Waals surface area contributed by atoms with Crippen molar-refractivity contribution in [2.45, 2.75) is 57.2 Å². The van der Waals surface area contributed by atoms with E-state index in [1.54, 1.807) is 0 Å². The summed E-state index contributed by atoms with van der Waals surface area (Å²) in [4.78, 5) is 7.30. The lowest BCUT2D eigenvalue weighted by atomic mass is 10.1. The quantitative estimate of drug-likeness (QED) is 0.864. The third kappa shape index (κ3) is 1.83. The van der Waals surface area contributed by atoms with Gasteiger partial charge in [-0.05, 0) is 39.0 Å². The number of nitrogens with zero attached hydrogens (tertiary/aromatic N) is 3. The summed E-state index contributed by atoms with van der Waals surface area (Å²) < 4.78 is 2.42. The second kappa shape index (κ2) is 3.98. The van der Waals surface area contributed by atoms with Crippen LogP contribution in [-0.4, -0.2) is 34.7 Å². The summed E-state index contributed by atoms with van der Waals surface area (Å²) in [5.41, 5.74) is 1.17. The molecule has 1 aliphatic carbocycles. The summed E-state index contributed by atoms with van der Waals surface area (Å²) in [7, 11) is 0. The molecule has 0 amide bonds. The van der Waals surface area contributed by atoms with Crippen LogP contribution >= 0.6 is 0 Å². The van der Waals surface area contributed by atoms with Gasteiger partial charge in [0, 0.05) is 37.4 Å². The zero-order valence-corrected chi connectivity index (χ0v) is 11.1. The minimum Gasteiger partial charge on any atom is -0.341 e. The first-order chi connectivity index (χ1) is 8.79. The van der Waals surface area contributed by atoms with E-state index in [0.29, 0.717) is 6.04 Å². The number of nitrogens with one attached hydrogen (secondary N) is 1. The molecule has 4 rings (SSSR count). The second-order valence-electron chi connectivity index (χ2n) is 6.19. The highest BCUT2D eigenvalue weighted by Crippen LogP contribution is 2.38. The topological polar surface area (TPSA) is 33.1 Å². The molecular weight excluding hydrogens is 224 g/mol. The van der Waals surface area contributed by atoms with Gasteiger partial charge < -0.3 is 14.8 Å². The van der Waals surface area contributed by atoms with Crippen LogP contribution in [0.4, 0.5) is 5.95 Å². The molecule has 2 unspecified atom stereocenters. The van der Waals surface area contributed by atoms with Gasteiger partial charge in [-0.2, -0.15) is 0 Å². The summed E-state index contributed by atoms with van der Waals surface area (Å²) >= 11 is 0. The summed E-state index contributed by atoms with van der Waals surface area (Å²) in [6.45, 7) is 4.42. The maximum Gasteiger partial charge on any atom is 0.206 e. The molecule has 98 valence electrons. The van der Waals surface area contributed by atoms with Crippen molar-refractivity contribution in [2.75, 3.05) is 18.0 Å². The Morgan fingerprint density at radius 2 is 2.00 bits per heavy atom. The van der Waals surface area contributed by atoms with Gasteiger partial charge in [-0.15, -0.1) is 0 Å². The normalized spacial score (nSPS) is 31.7. The molecule has 18 heavy (non-hydrogen) atoms. The molecule has 3 fully saturated rings. The van der Waals surface area contributed by atoms with Crippen LogP contribution in [0.25, 0.3) is 0 Å². The van der Waals surface area contributed by atoms with E-state index in [9.17, 15) is 0 Å². The molecule has 0 spiro atoms. The Labute approximate surface area is 108 Å². The monoisotopic (exact) mass is 246 g/mol. The summed E-state index contributed by atoms with van der Waals surface area (Å²) in [5.74, 6) is 1.23. The van der Waals surface area contributed by atoms with Gasteiger partial charge in [0.2, 0.25) is 5.95 Å². The van der Waals surface area contributed by atoms with Crippen molar-refractivity contribution >= 4 is 5.95 Å². The largest absolute Gasteiger partial charge is 0.341 e. The molecule has 1 N–H and O–H groups in total. The van der Waals surface area contributed by atoms with Crippen molar-refractivity contribution in [3.63, 3.8) is 0 Å². The zero-order valence-electron chi connectivity index (χ0n) is 11.1. The Hall–Kier alpha value is -1.03. The maximum atomic E-state index is 4.78. The van der Waals surface area contributed by atoms with E-state index in [1.165, 1.54) is 43.7 Å². The van der Waals surface area contributed by atoms with Crippen LogP contribution in [-0.2, 0) is 0 Å². The predicted molar refractivity (Wildman–Crippen MR) is 72.0 cm³/mol. The minimum atomic E-state index is 0.683. The zero-order chi connectivity index (χ0) is 12.1. The highest BCUT2D eigenvalue weighted by Gasteiger charge is 2.33. The van der Waals surface area contributed by atoms with E-state index >= 15 is 0 Å². The van der Waals surface area contributed by atoms with Crippen LogP contribution in [0.15, 0.2) is 6.20 Å². The lowest BCUT2D eigenvalue weighted by Gasteiger charge is -2.26. The molecule has 1 aromatic rings. The highest BCUT2D eigenvalue weighted by molar-refractivity contribution is 5.36. The number of fused-ring (bicyclic) bond motifs is 2. The van der Waals surface area contributed by atoms with Crippen molar-refractivity contribution < 1.29 is 0 Å². The molecule has 2 aliphatic heterocycles. The average molecular weight is 246 g/mol. The number of hydrogen-bond donors (Lipinski definition) is 1. The number of aryl methyl sites for hydroxylation is 1. The molecule has 0 radical (unpaired) electrons. The molecule has 1 aromatic heterocycles. The Morgan fingerprint density at radius 1 is 1.17 bits per heavy atom. The molecule has 2 atom stereocenters. The molecule has 3 aliphatic rings. The lowest BCUT2D eigenvalue weighted by Crippen LogP contribution is -2.36. The smallest absolute Gasteiger partial charge is 0.206 e. The highest BCUT2D eigenvalue weighted by atomic mass is 15.3. The van der Waals surface area contributed by atoms with E-state index in [0.717, 1.165) is 25.2 Å². The third-order valence-corrected chi connectivity index (χ3v) is 4.58. The van der Waals surface area contributed by atoms with Crippen LogP contribution in [0.3, 0.4) is 0 Å². The molecule has 4 heteroatoms. The lowest BCUT2D eigenvalue weighted by molar-refractivity contribution is 0.563. The summed E-state index contributed by atoms with van der Waals surface area (Å²) in [5, 5.41) is 3.74. The van der Waals surface area contributed by atoms with Crippen molar-refractivity contribution in [1.82, 2.24) is 14.9 Å². The van der Waals surface area contributed by atoms with Gasteiger partial charge in [-0.25, -0.2) is 4.98 Å². The Kier molecular flexibility index (Phi) is 2.40. The summed E-state index contributed by atoms with van der Waals surface area (Å²) in [6, 6.07) is 2.17. The fourth-order valence-corrected chi connectivity index (χ4v) is 3.48. The molecular formula is C14H22N4. The van der Waals surface area contributed by atoms with Crippen LogP contribution in [0.5, 0.6) is 0 Å². The van der Waals surface area contributed by atoms with Crippen molar-refractivity contribution in [3.05, 3.63) is 11.9 Å². The van der Waals surface area contributed by atoms with Gasteiger partial charge in [-0.3, -0.25) is 0 Å². The number of anilines is 1. The average Bonchev–Trinajstić information content (AvgIpc) is 3.02. The van der Waals surface area contributed by atoms with Crippen LogP contribution in [0.1, 0.15) is 43.8 Å². The van der Waals surface area contributed by atoms with E-state index < -0.39 is 0 Å². The van der Waals surface area contributed by atoms with Gasteiger partial charge in [-0.1, -0.05) is 0 Å². The van der Waals surface area contributed by atoms with Crippen LogP contribution < -0.4 is 10.2 Å². The SMILES string of the molecule is Cc1cn(C2CC2)c(N2CCC3CCC(C2)N3)n1. The first kappa shape index (κ1) is 10.9. The maximum absolute atomic E-state index is 4.78. The van der Waals surface area contributed by atoms with Gasteiger partial charge in [0.25, 0.3) is 0 Å². The van der Waals surface area contributed by atoms with Gasteiger partial charge in [0.1, 0.15) is 0 Å². The van der Waals surface area contributed by atoms with Gasteiger partial charge in [0.05, 0.1) is 5.69 Å². The van der Waals surface area contributed by atoms with Gasteiger partial charge >= 0.3 is 0 Å². The third-order valence-electron chi connectivity index (χ3n) is 4.58. The fraction of sp³-hybridized carbons (Fsp3) is 0.786. The van der Waals surface area contributed by atoms with E-state index in [-0.39, 0.29) is 0 Å². The van der Waals surface area contributed by atoms with Crippen molar-refractivity contribution in [3.8, 4) is 0 Å². The Morgan fingerprint density at radius 3 is 2.83 bits per heavy atom. The molecule has 2 bridgehead atoms. The number of hydrogen-bond acceptors (Lipinski definition) is 3. The minimum absolute atomic E-state index is 0.683. The van der Waals surface area contributed by atoms with E-state index in [4.69, 9.17) is 4.98 Å². The second-order valence-corrected chi connectivity index (χ2v) is 6.19. The number of imidazole rings is 1. The van der Waals surface area contributed by atoms with Crippen molar-refractivity contribution in [2.24, 2.45) is 0 Å². The van der Waals surface area contributed by atoms with Crippen LogP contribution in [0, 0.1) is 6.92 Å². The first-order valence-electron chi connectivity index (χ1n) is 7.36. The molecule has 2 saturated heterocycles. The fourth-order valence-electron chi connectivity index (χ4n) is 3.48. The molecule has 1 saturated carbocycles. The predicted octanol–water partition coefficient (Wildman–Crippen LogP) is 1.86. The van der Waals surface area contributed by atoms with E-state index in [2.05, 4.69) is 27.9 Å². The molecule has 4 nitrogen and oxygen atoms in total. The first-order valence-corrected chi connectivity index (χ1v) is 7.36. The molecule has 3 heterocycles. The van der Waals surface area contributed by atoms with Gasteiger partial charge in [0.15, 0.2) is 0 Å².